The third-order valence-electron chi connectivity index (χ3n) is 6.11. The summed E-state index contributed by atoms with van der Waals surface area (Å²) in [6.45, 7) is 1.68. The zero-order chi connectivity index (χ0) is 29.2. The summed E-state index contributed by atoms with van der Waals surface area (Å²) in [5.41, 5.74) is 4.71. The van der Waals surface area contributed by atoms with Crippen LogP contribution < -0.4 is 21.3 Å². The highest BCUT2D eigenvalue weighted by atomic mass is 35.5. The molecule has 1 amide bonds. The number of methoxy groups -OCH3 is 1. The Balaban J connectivity index is 1.75. The molecule has 0 aliphatic rings. The molecule has 0 spiro atoms. The van der Waals surface area contributed by atoms with E-state index in [0.717, 1.165) is 15.3 Å². The van der Waals surface area contributed by atoms with E-state index in [9.17, 15) is 27.2 Å². The van der Waals surface area contributed by atoms with Crippen LogP contribution in [0.15, 0.2) is 59.7 Å². The second kappa shape index (κ2) is 11.5. The summed E-state index contributed by atoms with van der Waals surface area (Å²) in [7, 11) is 1.33. The third kappa shape index (κ3) is 5.84. The molecule has 0 saturated carbocycles. The Morgan fingerprint density at radius 2 is 1.90 bits per heavy atom. The van der Waals surface area contributed by atoms with Crippen LogP contribution in [0, 0.1) is 5.82 Å². The maximum Gasteiger partial charge on any atom is 0.436 e. The minimum Gasteiger partial charge on any atom is -0.495 e. The number of pyridine rings is 1. The number of anilines is 1. The van der Waals surface area contributed by atoms with Gasteiger partial charge < -0.3 is 15.8 Å². The van der Waals surface area contributed by atoms with Gasteiger partial charge in [0, 0.05) is 40.0 Å². The first kappa shape index (κ1) is 28.8. The molecule has 0 aliphatic heterocycles. The van der Waals surface area contributed by atoms with E-state index in [0.29, 0.717) is 6.20 Å². The van der Waals surface area contributed by atoms with Gasteiger partial charge in [-0.2, -0.15) is 13.2 Å². The quantitative estimate of drug-likeness (QED) is 0.285. The number of ether oxygens (including phenoxy) is 1. The van der Waals surface area contributed by atoms with Gasteiger partial charge in [0.2, 0.25) is 5.91 Å². The number of carbonyl (C=O) groups is 1. The third-order valence-corrected chi connectivity index (χ3v) is 6.34. The van der Waals surface area contributed by atoms with Crippen molar-refractivity contribution in [2.45, 2.75) is 32.1 Å². The molecule has 0 fully saturated rings. The van der Waals surface area contributed by atoms with Gasteiger partial charge in [-0.1, -0.05) is 29.8 Å². The summed E-state index contributed by atoms with van der Waals surface area (Å²) >= 11 is 6.18. The lowest BCUT2D eigenvalue weighted by atomic mass is 10.0. The minimum atomic E-state index is -4.71. The number of hydrogen-bond acceptors (Lipinski definition) is 6. The molecule has 2 aromatic carbocycles. The highest BCUT2D eigenvalue weighted by Gasteiger charge is 2.35. The Bertz CT molecular complexity index is 1620. The van der Waals surface area contributed by atoms with Crippen molar-refractivity contribution in [2.24, 2.45) is 5.73 Å². The Morgan fingerprint density at radius 3 is 2.50 bits per heavy atom. The molecule has 2 heterocycles. The minimum absolute atomic E-state index is 0.00603. The number of nitrogens with two attached hydrogens (primary N) is 1. The Kier molecular flexibility index (Phi) is 8.26. The van der Waals surface area contributed by atoms with Crippen molar-refractivity contribution in [1.82, 2.24) is 19.6 Å². The van der Waals surface area contributed by atoms with Crippen LogP contribution in [0.5, 0.6) is 5.75 Å². The van der Waals surface area contributed by atoms with Crippen molar-refractivity contribution in [2.75, 3.05) is 12.4 Å². The monoisotopic (exact) mass is 578 g/mol. The lowest BCUT2D eigenvalue weighted by Gasteiger charge is -2.21. The van der Waals surface area contributed by atoms with Gasteiger partial charge in [-0.05, 0) is 36.8 Å². The van der Waals surface area contributed by atoms with Crippen LogP contribution in [0.1, 0.15) is 30.6 Å². The smallest absolute Gasteiger partial charge is 0.436 e. The topological polar surface area (TPSA) is 117 Å². The van der Waals surface area contributed by atoms with Gasteiger partial charge in [0.1, 0.15) is 17.6 Å². The lowest BCUT2D eigenvalue weighted by Crippen LogP contribution is -2.32. The van der Waals surface area contributed by atoms with Crippen molar-refractivity contribution in [3.63, 3.8) is 0 Å². The van der Waals surface area contributed by atoms with Gasteiger partial charge in [0.05, 0.1) is 25.2 Å². The molecule has 0 radical (unpaired) electrons. The predicted molar refractivity (Wildman–Crippen MR) is 140 cm³/mol. The predicted octanol–water partition coefficient (Wildman–Crippen LogP) is 4.96. The van der Waals surface area contributed by atoms with E-state index in [1.807, 2.05) is 0 Å². The zero-order valence-corrected chi connectivity index (χ0v) is 21.9. The summed E-state index contributed by atoms with van der Waals surface area (Å²) < 4.78 is 61.1. The zero-order valence-electron chi connectivity index (χ0n) is 21.2. The Morgan fingerprint density at radius 1 is 1.15 bits per heavy atom. The molecule has 0 bridgehead atoms. The van der Waals surface area contributed by atoms with E-state index >= 15 is 0 Å². The van der Waals surface area contributed by atoms with E-state index in [1.165, 1.54) is 49.7 Å². The highest BCUT2D eigenvalue weighted by Crippen LogP contribution is 2.36. The maximum atomic E-state index is 14.1. The average molecular weight is 579 g/mol. The van der Waals surface area contributed by atoms with Crippen LogP contribution in [0.25, 0.3) is 16.8 Å². The molecule has 14 heteroatoms. The summed E-state index contributed by atoms with van der Waals surface area (Å²) in [4.78, 5) is 26.4. The highest BCUT2D eigenvalue weighted by molar-refractivity contribution is 6.31. The van der Waals surface area contributed by atoms with Crippen LogP contribution >= 0.6 is 11.6 Å². The molecule has 2 aromatic heterocycles. The number of alkyl halides is 3. The van der Waals surface area contributed by atoms with Gasteiger partial charge in [-0.25, -0.2) is 9.07 Å². The molecule has 0 saturated heterocycles. The standard InChI is InChI=1S/C26H23ClF4N6O3/c1-3-20(25(39)33-16-6-4-14(11-32)19(28)9-16)36-12-22(40-2)18(10-24(36)38)17-8-15(27)5-7-21(17)37-13-23(34-35-37)26(29,30)31/h4-10,12-13,20H,3,11,32H2,1-2H3,(H,33,39)/t20-/m0/s1. The molecule has 210 valence electrons. The fourth-order valence-corrected chi connectivity index (χ4v) is 4.28. The molecule has 3 N–H and O–H groups in total. The number of carbonyl (C=O) groups excluding carboxylic acids is 1. The van der Waals surface area contributed by atoms with Crippen LogP contribution in [-0.4, -0.2) is 32.6 Å². The van der Waals surface area contributed by atoms with E-state index < -0.39 is 35.2 Å². The van der Waals surface area contributed by atoms with Crippen molar-refractivity contribution < 1.29 is 27.1 Å². The average Bonchev–Trinajstić information content (AvgIpc) is 3.41. The second-order valence-electron chi connectivity index (χ2n) is 8.63. The molecular formula is C26H23ClF4N6O3. The number of nitrogens with one attached hydrogen (secondary N) is 1. The van der Waals surface area contributed by atoms with Crippen molar-refractivity contribution >= 4 is 23.2 Å². The molecule has 0 aliphatic carbocycles. The number of hydrogen-bond donors (Lipinski definition) is 2. The summed E-state index contributed by atoms with van der Waals surface area (Å²) in [6.07, 6.45) is -2.49. The molecule has 1 atom stereocenters. The van der Waals surface area contributed by atoms with Gasteiger partial charge >= 0.3 is 6.18 Å². The Labute approximate surface area is 230 Å². The molecule has 40 heavy (non-hydrogen) atoms. The summed E-state index contributed by atoms with van der Waals surface area (Å²) in [5, 5.41) is 9.60. The molecule has 4 aromatic rings. The van der Waals surface area contributed by atoms with Crippen LogP contribution in [0.4, 0.5) is 23.2 Å². The molecule has 4 rings (SSSR count). The summed E-state index contributed by atoms with van der Waals surface area (Å²) in [6, 6.07) is 8.57. The molecule has 9 nitrogen and oxygen atoms in total. The van der Waals surface area contributed by atoms with E-state index in [2.05, 4.69) is 15.6 Å². The van der Waals surface area contributed by atoms with Crippen molar-refractivity contribution in [3.8, 4) is 22.6 Å². The van der Waals surface area contributed by atoms with Gasteiger partial charge in [-0.15, -0.1) is 5.10 Å². The molecule has 0 unspecified atom stereocenters. The lowest BCUT2D eigenvalue weighted by molar-refractivity contribution is -0.141. The van der Waals surface area contributed by atoms with Crippen molar-refractivity contribution in [3.05, 3.63) is 87.3 Å². The van der Waals surface area contributed by atoms with Gasteiger partial charge in [0.25, 0.3) is 5.56 Å². The van der Waals surface area contributed by atoms with E-state index in [4.69, 9.17) is 22.1 Å². The van der Waals surface area contributed by atoms with Crippen LogP contribution in [-0.2, 0) is 17.5 Å². The fraction of sp³-hybridized carbons (Fsp3) is 0.231. The largest absolute Gasteiger partial charge is 0.495 e. The first-order chi connectivity index (χ1) is 19.0. The van der Waals surface area contributed by atoms with E-state index in [-0.39, 0.29) is 51.8 Å². The number of rotatable bonds is 8. The van der Waals surface area contributed by atoms with E-state index in [1.54, 1.807) is 6.92 Å². The van der Waals surface area contributed by atoms with Gasteiger partial charge in [0.15, 0.2) is 5.69 Å². The number of nitrogens with zero attached hydrogens (tertiary/aromatic N) is 4. The fourth-order valence-electron chi connectivity index (χ4n) is 4.11. The normalized spacial score (nSPS) is 12.3. The van der Waals surface area contributed by atoms with Crippen LogP contribution in [0.2, 0.25) is 5.02 Å². The van der Waals surface area contributed by atoms with Crippen LogP contribution in [0.3, 0.4) is 0 Å². The first-order valence-corrected chi connectivity index (χ1v) is 12.2. The molecular weight excluding hydrogens is 556 g/mol. The Hall–Kier alpha value is -4.23. The van der Waals surface area contributed by atoms with Gasteiger partial charge in [-0.3, -0.25) is 14.2 Å². The first-order valence-electron chi connectivity index (χ1n) is 11.9. The number of halogens is 5. The second-order valence-corrected chi connectivity index (χ2v) is 9.07. The number of amides is 1. The SMILES string of the molecule is CC[C@@H](C(=O)Nc1ccc(CN)c(F)c1)n1cc(OC)c(-c2cc(Cl)ccc2-n2cc(C(F)(F)F)nn2)cc1=O. The summed E-state index contributed by atoms with van der Waals surface area (Å²) in [5.74, 6) is -1.03. The van der Waals surface area contributed by atoms with Crippen molar-refractivity contribution in [1.29, 1.82) is 0 Å². The maximum absolute atomic E-state index is 14.1. The number of aromatic nitrogens is 4. The number of benzene rings is 2.